The van der Waals surface area contributed by atoms with Crippen molar-refractivity contribution in [2.45, 2.75) is 13.8 Å². The van der Waals surface area contributed by atoms with E-state index in [2.05, 4.69) is 122 Å². The lowest BCUT2D eigenvalue weighted by atomic mass is 9.90. The van der Waals surface area contributed by atoms with Gasteiger partial charge < -0.3 is 10.3 Å². The Balaban J connectivity index is 1.77. The summed E-state index contributed by atoms with van der Waals surface area (Å²) in [7, 11) is 0. The second-order valence-electron chi connectivity index (χ2n) is 9.03. The second kappa shape index (κ2) is 7.93. The summed E-state index contributed by atoms with van der Waals surface area (Å²) in [6, 6.07) is 38.9. The van der Waals surface area contributed by atoms with E-state index in [-0.39, 0.29) is 0 Å². The lowest BCUT2D eigenvalue weighted by molar-refractivity contribution is 1.18. The van der Waals surface area contributed by atoms with Gasteiger partial charge in [-0.05, 0) is 49.2 Å². The normalized spacial score (nSPS) is 11.4. The zero-order valence-corrected chi connectivity index (χ0v) is 19.4. The van der Waals surface area contributed by atoms with Gasteiger partial charge in [0.2, 0.25) is 0 Å². The molecule has 6 aromatic rings. The van der Waals surface area contributed by atoms with Gasteiger partial charge in [-0.2, -0.15) is 0 Å². The van der Waals surface area contributed by atoms with Crippen LogP contribution in [0.1, 0.15) is 11.1 Å². The molecule has 5 aromatic carbocycles. The zero-order chi connectivity index (χ0) is 23.2. The second-order valence-corrected chi connectivity index (χ2v) is 9.03. The first-order chi connectivity index (χ1) is 16.6. The van der Waals surface area contributed by atoms with Crippen molar-refractivity contribution in [3.63, 3.8) is 0 Å². The number of aryl methyl sites for hydroxylation is 2. The minimum Gasteiger partial charge on any atom is -0.398 e. The lowest BCUT2D eigenvalue weighted by Gasteiger charge is -2.20. The van der Waals surface area contributed by atoms with Gasteiger partial charge in [-0.15, -0.1) is 0 Å². The molecule has 0 fully saturated rings. The van der Waals surface area contributed by atoms with Gasteiger partial charge in [0, 0.05) is 27.6 Å². The highest BCUT2D eigenvalue weighted by atomic mass is 15.0. The van der Waals surface area contributed by atoms with Gasteiger partial charge in [-0.25, -0.2) is 0 Å². The molecule has 0 unspecified atom stereocenters. The molecule has 0 aliphatic rings. The molecular formula is C32H26N2. The third-order valence-electron chi connectivity index (χ3n) is 6.72. The van der Waals surface area contributed by atoms with Crippen LogP contribution in [0.5, 0.6) is 0 Å². The summed E-state index contributed by atoms with van der Waals surface area (Å²) in [5.41, 5.74) is 18.0. The number of nitrogens with two attached hydrogens (primary N) is 1. The number of rotatable bonds is 3. The summed E-state index contributed by atoms with van der Waals surface area (Å²) in [4.78, 5) is 0. The maximum absolute atomic E-state index is 6.70. The number of nitrogens with zero attached hydrogens (tertiary/aromatic N) is 1. The van der Waals surface area contributed by atoms with E-state index < -0.39 is 0 Å². The van der Waals surface area contributed by atoms with Crippen molar-refractivity contribution in [1.29, 1.82) is 0 Å². The molecular weight excluding hydrogens is 412 g/mol. The Labute approximate surface area is 199 Å². The molecule has 0 atom stereocenters. The fourth-order valence-electron chi connectivity index (χ4n) is 5.02. The fourth-order valence-corrected chi connectivity index (χ4v) is 5.02. The smallest absolute Gasteiger partial charge is 0.0548 e. The topological polar surface area (TPSA) is 30.9 Å². The van der Waals surface area contributed by atoms with Crippen LogP contribution in [0.3, 0.4) is 0 Å². The molecule has 0 bridgehead atoms. The Bertz CT molecular complexity index is 1600. The van der Waals surface area contributed by atoms with Gasteiger partial charge in [0.05, 0.1) is 16.7 Å². The molecule has 0 aliphatic heterocycles. The molecule has 2 N–H and O–H groups in total. The zero-order valence-electron chi connectivity index (χ0n) is 19.4. The predicted octanol–water partition coefficient (Wildman–Crippen LogP) is 8.32. The molecule has 34 heavy (non-hydrogen) atoms. The Morgan fingerprint density at radius 3 is 1.50 bits per heavy atom. The van der Waals surface area contributed by atoms with Crippen LogP contribution in [0.4, 0.5) is 5.69 Å². The molecule has 0 aliphatic carbocycles. The van der Waals surface area contributed by atoms with Crippen LogP contribution >= 0.6 is 0 Å². The monoisotopic (exact) mass is 438 g/mol. The van der Waals surface area contributed by atoms with Gasteiger partial charge in [0.1, 0.15) is 0 Å². The number of anilines is 1. The van der Waals surface area contributed by atoms with Crippen molar-refractivity contribution >= 4 is 27.5 Å². The molecule has 0 saturated carbocycles. The van der Waals surface area contributed by atoms with E-state index in [1.807, 2.05) is 6.07 Å². The Morgan fingerprint density at radius 2 is 0.971 bits per heavy atom. The maximum atomic E-state index is 6.70. The largest absolute Gasteiger partial charge is 0.398 e. The van der Waals surface area contributed by atoms with Crippen LogP contribution in [0.2, 0.25) is 0 Å². The number of benzene rings is 5. The summed E-state index contributed by atoms with van der Waals surface area (Å²) >= 11 is 0. The number of hydrogen-bond donors (Lipinski definition) is 1. The van der Waals surface area contributed by atoms with Crippen molar-refractivity contribution in [3.8, 4) is 27.9 Å². The Kier molecular flexibility index (Phi) is 4.74. The van der Waals surface area contributed by atoms with Crippen LogP contribution in [-0.2, 0) is 0 Å². The van der Waals surface area contributed by atoms with Crippen molar-refractivity contribution in [2.75, 3.05) is 5.73 Å². The Morgan fingerprint density at radius 1 is 0.500 bits per heavy atom. The number of aromatic nitrogens is 1. The molecule has 0 spiro atoms. The Hall–Kier alpha value is -4.30. The van der Waals surface area contributed by atoms with E-state index in [0.29, 0.717) is 0 Å². The molecule has 1 aromatic heterocycles. The summed E-state index contributed by atoms with van der Waals surface area (Å²) in [6.07, 6.45) is 0. The van der Waals surface area contributed by atoms with Crippen LogP contribution < -0.4 is 5.73 Å². The molecule has 164 valence electrons. The van der Waals surface area contributed by atoms with E-state index in [0.717, 1.165) is 33.6 Å². The summed E-state index contributed by atoms with van der Waals surface area (Å²) in [5.74, 6) is 0. The van der Waals surface area contributed by atoms with Gasteiger partial charge >= 0.3 is 0 Å². The van der Waals surface area contributed by atoms with Crippen molar-refractivity contribution in [2.24, 2.45) is 0 Å². The van der Waals surface area contributed by atoms with Crippen LogP contribution in [0.25, 0.3) is 49.7 Å². The van der Waals surface area contributed by atoms with E-state index >= 15 is 0 Å². The third-order valence-corrected chi connectivity index (χ3v) is 6.72. The van der Waals surface area contributed by atoms with Crippen molar-refractivity contribution in [1.82, 2.24) is 4.57 Å². The lowest BCUT2D eigenvalue weighted by Crippen LogP contribution is -2.02. The number of nitrogen functional groups attached to an aromatic ring is 1. The van der Waals surface area contributed by atoms with Gasteiger partial charge in [-0.1, -0.05) is 96.1 Å². The van der Waals surface area contributed by atoms with E-state index in [1.165, 1.54) is 32.9 Å². The van der Waals surface area contributed by atoms with Gasteiger partial charge in [-0.3, -0.25) is 0 Å². The number of fused-ring (bicyclic) bond motifs is 3. The first kappa shape index (κ1) is 20.3. The molecule has 2 nitrogen and oxygen atoms in total. The summed E-state index contributed by atoms with van der Waals surface area (Å²) in [6.45, 7) is 4.24. The highest BCUT2D eigenvalue weighted by molar-refractivity contribution is 6.10. The minimum absolute atomic E-state index is 0.781. The van der Waals surface area contributed by atoms with E-state index in [1.54, 1.807) is 0 Å². The van der Waals surface area contributed by atoms with E-state index in [4.69, 9.17) is 5.73 Å². The molecule has 2 heteroatoms. The first-order valence-corrected chi connectivity index (χ1v) is 11.7. The molecule has 0 radical (unpaired) electrons. The molecule has 0 amide bonds. The SMILES string of the molecule is Cc1ccc(-c2c(N)ccc(-n3c4ccccc4c4ccccc43)c2-c2ccc(C)cc2)cc1. The summed E-state index contributed by atoms with van der Waals surface area (Å²) < 4.78 is 2.39. The van der Waals surface area contributed by atoms with Crippen molar-refractivity contribution < 1.29 is 0 Å². The average Bonchev–Trinajstić information content (AvgIpc) is 3.20. The molecule has 0 saturated heterocycles. The fraction of sp³-hybridized carbons (Fsp3) is 0.0625. The standard InChI is InChI=1S/C32H26N2/c1-21-11-15-23(16-12-21)31-27(33)19-20-30(32(31)24-17-13-22(2)14-18-24)34-28-9-5-3-7-25(28)26-8-4-6-10-29(26)34/h3-20H,33H2,1-2H3. The minimum atomic E-state index is 0.781. The van der Waals surface area contributed by atoms with E-state index in [9.17, 15) is 0 Å². The molecule has 1 heterocycles. The third kappa shape index (κ3) is 3.19. The molecule has 6 rings (SSSR count). The first-order valence-electron chi connectivity index (χ1n) is 11.7. The predicted molar refractivity (Wildman–Crippen MR) is 146 cm³/mol. The van der Waals surface area contributed by atoms with Crippen LogP contribution in [0, 0.1) is 13.8 Å². The average molecular weight is 439 g/mol. The van der Waals surface area contributed by atoms with Crippen LogP contribution in [0.15, 0.2) is 109 Å². The van der Waals surface area contributed by atoms with Crippen molar-refractivity contribution in [3.05, 3.63) is 120 Å². The summed E-state index contributed by atoms with van der Waals surface area (Å²) in [5, 5.41) is 2.50. The van der Waals surface area contributed by atoms with Gasteiger partial charge in [0.25, 0.3) is 0 Å². The highest BCUT2D eigenvalue weighted by Crippen LogP contribution is 2.43. The number of para-hydroxylation sites is 2. The number of hydrogen-bond acceptors (Lipinski definition) is 1. The van der Waals surface area contributed by atoms with Crippen LogP contribution in [-0.4, -0.2) is 4.57 Å². The highest BCUT2D eigenvalue weighted by Gasteiger charge is 2.20. The maximum Gasteiger partial charge on any atom is 0.0548 e. The van der Waals surface area contributed by atoms with Gasteiger partial charge in [0.15, 0.2) is 0 Å². The quantitative estimate of drug-likeness (QED) is 0.277.